The van der Waals surface area contributed by atoms with Crippen LogP contribution in [-0.2, 0) is 4.79 Å². The average molecular weight is 286 g/mol. The highest BCUT2D eigenvalue weighted by molar-refractivity contribution is 9.10. The molecule has 1 heterocycles. The van der Waals surface area contributed by atoms with Gasteiger partial charge in [0.1, 0.15) is 5.82 Å². The quantitative estimate of drug-likeness (QED) is 0.891. The van der Waals surface area contributed by atoms with Crippen LogP contribution < -0.4 is 11.1 Å². The predicted molar refractivity (Wildman–Crippen MR) is 68.2 cm³/mol. The molecule has 0 aromatic carbocycles. The van der Waals surface area contributed by atoms with E-state index in [1.807, 2.05) is 13.8 Å². The molecule has 0 radical (unpaired) electrons. The lowest BCUT2D eigenvalue weighted by atomic mass is 10.1. The Hall–Kier alpha value is -0.940. The van der Waals surface area contributed by atoms with Crippen LogP contribution in [0.1, 0.15) is 25.3 Å². The second-order valence-electron chi connectivity index (χ2n) is 3.70. The van der Waals surface area contributed by atoms with Crippen molar-refractivity contribution in [2.24, 2.45) is 5.73 Å². The summed E-state index contributed by atoms with van der Waals surface area (Å²) in [4.78, 5) is 15.7. The van der Waals surface area contributed by atoms with Crippen LogP contribution in [0.25, 0.3) is 0 Å². The number of aromatic nitrogens is 1. The van der Waals surface area contributed by atoms with Gasteiger partial charge in [0.25, 0.3) is 0 Å². The van der Waals surface area contributed by atoms with Gasteiger partial charge in [-0.2, -0.15) is 0 Å². The minimum absolute atomic E-state index is 0.184. The topological polar surface area (TPSA) is 68.0 Å². The third kappa shape index (κ3) is 3.57. The molecule has 5 heteroatoms. The number of hydrogen-bond acceptors (Lipinski definition) is 3. The van der Waals surface area contributed by atoms with Gasteiger partial charge in [0.2, 0.25) is 5.91 Å². The minimum atomic E-state index is -0.462. The molecule has 4 nitrogen and oxygen atoms in total. The number of pyridine rings is 1. The molecule has 3 N–H and O–H groups in total. The first-order chi connectivity index (χ1) is 7.54. The number of nitrogens with zero attached hydrogens (tertiary/aromatic N) is 1. The number of carbonyl (C=O) groups is 1. The molecule has 16 heavy (non-hydrogen) atoms. The highest BCUT2D eigenvalue weighted by Crippen LogP contribution is 2.17. The van der Waals surface area contributed by atoms with Crippen molar-refractivity contribution in [1.82, 2.24) is 4.98 Å². The van der Waals surface area contributed by atoms with E-state index in [0.717, 1.165) is 16.5 Å². The van der Waals surface area contributed by atoms with Crippen molar-refractivity contribution >= 4 is 27.7 Å². The van der Waals surface area contributed by atoms with E-state index in [2.05, 4.69) is 26.2 Å². The maximum Gasteiger partial charge on any atom is 0.242 e. The van der Waals surface area contributed by atoms with Gasteiger partial charge in [-0.05, 0) is 40.9 Å². The number of rotatable bonds is 4. The van der Waals surface area contributed by atoms with Crippen LogP contribution >= 0.6 is 15.9 Å². The molecule has 1 aromatic heterocycles. The largest absolute Gasteiger partial charge is 0.320 e. The summed E-state index contributed by atoms with van der Waals surface area (Å²) in [6.07, 6.45) is 3.24. The number of halogens is 1. The lowest BCUT2D eigenvalue weighted by Gasteiger charge is -2.11. The van der Waals surface area contributed by atoms with Crippen molar-refractivity contribution in [3.63, 3.8) is 0 Å². The fourth-order valence-electron chi connectivity index (χ4n) is 1.27. The van der Waals surface area contributed by atoms with E-state index in [1.54, 1.807) is 12.3 Å². The number of anilines is 1. The van der Waals surface area contributed by atoms with Crippen molar-refractivity contribution in [2.75, 3.05) is 5.32 Å². The van der Waals surface area contributed by atoms with Crippen LogP contribution in [0, 0.1) is 6.92 Å². The van der Waals surface area contributed by atoms with E-state index in [0.29, 0.717) is 12.2 Å². The van der Waals surface area contributed by atoms with Gasteiger partial charge in [-0.15, -0.1) is 0 Å². The minimum Gasteiger partial charge on any atom is -0.320 e. The summed E-state index contributed by atoms with van der Waals surface area (Å²) in [6, 6.07) is 1.34. The van der Waals surface area contributed by atoms with E-state index >= 15 is 0 Å². The number of nitrogens with one attached hydrogen (secondary N) is 1. The van der Waals surface area contributed by atoms with Crippen LogP contribution in [-0.4, -0.2) is 16.9 Å². The molecular weight excluding hydrogens is 270 g/mol. The van der Waals surface area contributed by atoms with E-state index in [-0.39, 0.29) is 5.91 Å². The smallest absolute Gasteiger partial charge is 0.242 e. The number of amides is 1. The third-order valence-electron chi connectivity index (χ3n) is 2.23. The van der Waals surface area contributed by atoms with Gasteiger partial charge in [0, 0.05) is 10.7 Å². The molecule has 0 saturated carbocycles. The van der Waals surface area contributed by atoms with Crippen LogP contribution in [0.3, 0.4) is 0 Å². The van der Waals surface area contributed by atoms with Crippen molar-refractivity contribution < 1.29 is 4.79 Å². The summed E-state index contributed by atoms with van der Waals surface area (Å²) in [5.74, 6) is 0.355. The fraction of sp³-hybridized carbons (Fsp3) is 0.455. The number of aryl methyl sites for hydroxylation is 1. The average Bonchev–Trinajstić information content (AvgIpc) is 2.24. The Morgan fingerprint density at radius 2 is 2.38 bits per heavy atom. The summed E-state index contributed by atoms with van der Waals surface area (Å²) in [5.41, 5.74) is 6.72. The summed E-state index contributed by atoms with van der Waals surface area (Å²) in [7, 11) is 0. The molecule has 1 aromatic rings. The normalized spacial score (nSPS) is 12.2. The first-order valence-corrected chi connectivity index (χ1v) is 6.02. The summed E-state index contributed by atoms with van der Waals surface area (Å²) < 4.78 is 0.920. The SMILES string of the molecule is CCC[C@H](N)C(=O)Nc1cc(C)c(Br)cn1. The maximum absolute atomic E-state index is 11.6. The first-order valence-electron chi connectivity index (χ1n) is 5.23. The summed E-state index contributed by atoms with van der Waals surface area (Å²) in [6.45, 7) is 3.93. The Morgan fingerprint density at radius 1 is 1.69 bits per heavy atom. The van der Waals surface area contributed by atoms with Gasteiger partial charge in [-0.1, -0.05) is 13.3 Å². The molecule has 1 atom stereocenters. The highest BCUT2D eigenvalue weighted by Gasteiger charge is 2.12. The van der Waals surface area contributed by atoms with Crippen molar-refractivity contribution in [2.45, 2.75) is 32.7 Å². The molecule has 1 amide bonds. The third-order valence-corrected chi connectivity index (χ3v) is 3.06. The second kappa shape index (κ2) is 5.96. The maximum atomic E-state index is 11.6. The zero-order chi connectivity index (χ0) is 12.1. The summed E-state index contributed by atoms with van der Waals surface area (Å²) in [5, 5.41) is 2.70. The van der Waals surface area contributed by atoms with Gasteiger partial charge in [-0.25, -0.2) is 4.98 Å². The molecule has 0 spiro atoms. The first kappa shape index (κ1) is 13.1. The van der Waals surface area contributed by atoms with Crippen LogP contribution in [0.15, 0.2) is 16.7 Å². The van der Waals surface area contributed by atoms with Crippen LogP contribution in [0.5, 0.6) is 0 Å². The standard InChI is InChI=1S/C11H16BrN3O/c1-3-4-9(13)11(16)15-10-5-7(2)8(12)6-14-10/h5-6,9H,3-4,13H2,1-2H3,(H,14,15,16)/t9-/m0/s1. The molecule has 0 saturated heterocycles. The van der Waals surface area contributed by atoms with Gasteiger partial charge in [0.05, 0.1) is 6.04 Å². The molecule has 0 aliphatic rings. The van der Waals surface area contributed by atoms with Crippen LogP contribution in [0.4, 0.5) is 5.82 Å². The number of nitrogens with two attached hydrogens (primary N) is 1. The second-order valence-corrected chi connectivity index (χ2v) is 4.56. The molecule has 0 aliphatic carbocycles. The van der Waals surface area contributed by atoms with Gasteiger partial charge >= 0.3 is 0 Å². The molecule has 88 valence electrons. The molecule has 0 aliphatic heterocycles. The Bertz CT molecular complexity index is 381. The van der Waals surface area contributed by atoms with Crippen molar-refractivity contribution in [3.05, 3.63) is 22.3 Å². The van der Waals surface area contributed by atoms with Gasteiger partial charge in [0.15, 0.2) is 0 Å². The molecule has 0 bridgehead atoms. The van der Waals surface area contributed by atoms with Crippen LogP contribution in [0.2, 0.25) is 0 Å². The lowest BCUT2D eigenvalue weighted by Crippen LogP contribution is -2.35. The van der Waals surface area contributed by atoms with Gasteiger partial charge < -0.3 is 11.1 Å². The highest BCUT2D eigenvalue weighted by atomic mass is 79.9. The number of hydrogen-bond donors (Lipinski definition) is 2. The molecule has 1 rings (SSSR count). The molecular formula is C11H16BrN3O. The van der Waals surface area contributed by atoms with E-state index < -0.39 is 6.04 Å². The zero-order valence-electron chi connectivity index (χ0n) is 9.46. The molecule has 0 unspecified atom stereocenters. The monoisotopic (exact) mass is 285 g/mol. The fourth-order valence-corrected chi connectivity index (χ4v) is 1.49. The van der Waals surface area contributed by atoms with Gasteiger partial charge in [-0.3, -0.25) is 4.79 Å². The Labute approximate surface area is 104 Å². The van der Waals surface area contributed by atoms with E-state index in [4.69, 9.17) is 5.73 Å². The van der Waals surface area contributed by atoms with E-state index in [9.17, 15) is 4.79 Å². The van der Waals surface area contributed by atoms with Crippen molar-refractivity contribution in [1.29, 1.82) is 0 Å². The predicted octanol–water partition coefficient (Wildman–Crippen LogP) is 2.22. The summed E-state index contributed by atoms with van der Waals surface area (Å²) >= 11 is 3.35. The Kier molecular flexibility index (Phi) is 4.89. The zero-order valence-corrected chi connectivity index (χ0v) is 11.0. The van der Waals surface area contributed by atoms with Crippen molar-refractivity contribution in [3.8, 4) is 0 Å². The Balaban J connectivity index is 2.66. The lowest BCUT2D eigenvalue weighted by molar-refractivity contribution is -0.117. The van der Waals surface area contributed by atoms with E-state index in [1.165, 1.54) is 0 Å². The number of carbonyl (C=O) groups excluding carboxylic acids is 1. The Morgan fingerprint density at radius 3 is 2.94 bits per heavy atom. The molecule has 0 fully saturated rings.